The molecule has 0 radical (unpaired) electrons. The summed E-state index contributed by atoms with van der Waals surface area (Å²) >= 11 is 0. The Balaban J connectivity index is 1.39. The molecule has 0 bridgehead atoms. The van der Waals surface area contributed by atoms with Gasteiger partial charge in [-0.3, -0.25) is 0 Å². The summed E-state index contributed by atoms with van der Waals surface area (Å²) in [7, 11) is 0. The van der Waals surface area contributed by atoms with Gasteiger partial charge in [0.15, 0.2) is 0 Å². The zero-order valence-electron chi connectivity index (χ0n) is 14.1. The number of rotatable bonds is 4. The fourth-order valence-corrected chi connectivity index (χ4v) is 4.51. The van der Waals surface area contributed by atoms with E-state index in [9.17, 15) is 13.2 Å². The first-order chi connectivity index (χ1) is 12.0. The van der Waals surface area contributed by atoms with Crippen molar-refractivity contribution >= 4 is 5.82 Å². The lowest BCUT2D eigenvalue weighted by Crippen LogP contribution is -2.32. The highest BCUT2D eigenvalue weighted by Crippen LogP contribution is 2.41. The van der Waals surface area contributed by atoms with Gasteiger partial charge >= 0.3 is 6.18 Å². The molecule has 4 rings (SSSR count). The number of ether oxygens (including phenoxy) is 1. The van der Waals surface area contributed by atoms with Crippen molar-refractivity contribution < 1.29 is 17.9 Å². The number of hydrogen-bond donors (Lipinski definition) is 1. The molecule has 0 amide bonds. The maximum absolute atomic E-state index is 12.9. The standard InChI is InChI=1S/C18H24F3N3O/c19-18(20,21)16-4-1-5-17(23-16)24-9-12-6-7-15(14(12)10-24)25-11-13-3-2-8-22-13/h1,4-5,12-15,22H,2-3,6-11H2/t12-,13+,14+,15+/m1/s1. The summed E-state index contributed by atoms with van der Waals surface area (Å²) in [6.07, 6.45) is 0.351. The van der Waals surface area contributed by atoms with Crippen LogP contribution in [0.25, 0.3) is 0 Å². The quantitative estimate of drug-likeness (QED) is 0.901. The van der Waals surface area contributed by atoms with Crippen molar-refractivity contribution in [3.63, 3.8) is 0 Å². The number of alkyl halides is 3. The molecule has 2 aliphatic heterocycles. The Bertz CT molecular complexity index is 603. The third-order valence-electron chi connectivity index (χ3n) is 5.81. The minimum absolute atomic E-state index is 0.225. The molecule has 4 nitrogen and oxygen atoms in total. The molecule has 0 unspecified atom stereocenters. The molecule has 0 spiro atoms. The fourth-order valence-electron chi connectivity index (χ4n) is 4.51. The number of pyridine rings is 1. The van der Waals surface area contributed by atoms with E-state index in [1.807, 2.05) is 4.90 Å². The molecular formula is C18H24F3N3O. The first-order valence-electron chi connectivity index (χ1n) is 9.15. The average Bonchev–Trinajstić information content (AvgIpc) is 3.30. The van der Waals surface area contributed by atoms with Crippen molar-refractivity contribution in [3.8, 4) is 0 Å². The number of anilines is 1. The van der Waals surface area contributed by atoms with Gasteiger partial charge in [-0.2, -0.15) is 13.2 Å². The van der Waals surface area contributed by atoms with Crippen LogP contribution < -0.4 is 10.2 Å². The minimum Gasteiger partial charge on any atom is -0.376 e. The largest absolute Gasteiger partial charge is 0.433 e. The van der Waals surface area contributed by atoms with E-state index in [0.717, 1.165) is 45.1 Å². The molecule has 0 aromatic carbocycles. The van der Waals surface area contributed by atoms with Crippen molar-refractivity contribution in [1.82, 2.24) is 10.3 Å². The number of hydrogen-bond acceptors (Lipinski definition) is 4. The Hall–Kier alpha value is -1.34. The predicted octanol–water partition coefficient (Wildman–Crippen LogP) is 3.08. The van der Waals surface area contributed by atoms with E-state index in [0.29, 0.717) is 23.7 Å². The topological polar surface area (TPSA) is 37.4 Å². The van der Waals surface area contributed by atoms with E-state index in [1.165, 1.54) is 18.9 Å². The fraction of sp³-hybridized carbons (Fsp3) is 0.722. The highest BCUT2D eigenvalue weighted by Gasteiger charge is 2.44. The molecule has 3 fully saturated rings. The molecule has 2 saturated heterocycles. The van der Waals surface area contributed by atoms with Gasteiger partial charge in [-0.05, 0) is 50.3 Å². The van der Waals surface area contributed by atoms with Gasteiger partial charge in [0, 0.05) is 25.0 Å². The van der Waals surface area contributed by atoms with Gasteiger partial charge in [0.1, 0.15) is 11.5 Å². The third kappa shape index (κ3) is 3.62. The summed E-state index contributed by atoms with van der Waals surface area (Å²) in [5.74, 6) is 1.33. The maximum Gasteiger partial charge on any atom is 0.433 e. The van der Waals surface area contributed by atoms with Gasteiger partial charge < -0.3 is 15.0 Å². The Morgan fingerprint density at radius 3 is 2.84 bits per heavy atom. The number of nitrogens with one attached hydrogen (secondary N) is 1. The summed E-state index contributed by atoms with van der Waals surface area (Å²) in [5.41, 5.74) is -0.817. The second-order valence-electron chi connectivity index (χ2n) is 7.45. The Morgan fingerprint density at radius 2 is 2.08 bits per heavy atom. The monoisotopic (exact) mass is 355 g/mol. The van der Waals surface area contributed by atoms with E-state index >= 15 is 0 Å². The van der Waals surface area contributed by atoms with Gasteiger partial charge in [0.25, 0.3) is 0 Å². The molecule has 3 heterocycles. The second-order valence-corrected chi connectivity index (χ2v) is 7.45. The zero-order chi connectivity index (χ0) is 17.4. The summed E-state index contributed by atoms with van der Waals surface area (Å²) in [5, 5.41) is 3.44. The van der Waals surface area contributed by atoms with Gasteiger partial charge in [-0.1, -0.05) is 6.07 Å². The molecule has 1 N–H and O–H groups in total. The molecule has 138 valence electrons. The van der Waals surface area contributed by atoms with Crippen LogP contribution in [0.5, 0.6) is 0 Å². The molecule has 3 aliphatic rings. The lowest BCUT2D eigenvalue weighted by atomic mass is 9.99. The van der Waals surface area contributed by atoms with E-state index in [-0.39, 0.29) is 6.10 Å². The highest BCUT2D eigenvalue weighted by molar-refractivity contribution is 5.41. The summed E-state index contributed by atoms with van der Waals surface area (Å²) < 4.78 is 44.8. The van der Waals surface area contributed by atoms with Gasteiger partial charge in [-0.25, -0.2) is 4.98 Å². The van der Waals surface area contributed by atoms with E-state index < -0.39 is 11.9 Å². The Morgan fingerprint density at radius 1 is 1.20 bits per heavy atom. The average molecular weight is 355 g/mol. The van der Waals surface area contributed by atoms with Crippen molar-refractivity contribution in [2.45, 2.75) is 44.0 Å². The summed E-state index contributed by atoms with van der Waals surface area (Å²) in [6.45, 7) is 3.33. The van der Waals surface area contributed by atoms with Crippen LogP contribution in [0, 0.1) is 11.8 Å². The smallest absolute Gasteiger partial charge is 0.376 e. The van der Waals surface area contributed by atoms with Crippen LogP contribution in [-0.2, 0) is 10.9 Å². The minimum atomic E-state index is -4.40. The Kier molecular flexibility index (Phi) is 4.62. The normalized spacial score (nSPS) is 32.4. The number of aromatic nitrogens is 1. The third-order valence-corrected chi connectivity index (χ3v) is 5.81. The first-order valence-corrected chi connectivity index (χ1v) is 9.15. The van der Waals surface area contributed by atoms with Gasteiger partial charge in [-0.15, -0.1) is 0 Å². The lowest BCUT2D eigenvalue weighted by molar-refractivity contribution is -0.141. The van der Waals surface area contributed by atoms with Crippen molar-refractivity contribution in [1.29, 1.82) is 0 Å². The zero-order valence-corrected chi connectivity index (χ0v) is 14.1. The van der Waals surface area contributed by atoms with E-state index in [1.54, 1.807) is 6.07 Å². The van der Waals surface area contributed by atoms with Crippen molar-refractivity contribution in [3.05, 3.63) is 23.9 Å². The highest BCUT2D eigenvalue weighted by atomic mass is 19.4. The summed E-state index contributed by atoms with van der Waals surface area (Å²) in [4.78, 5) is 5.83. The van der Waals surface area contributed by atoms with Crippen molar-refractivity contribution in [2.75, 3.05) is 31.1 Å². The molecule has 1 aromatic heterocycles. The number of halogens is 3. The molecule has 1 aliphatic carbocycles. The van der Waals surface area contributed by atoms with E-state index in [4.69, 9.17) is 4.74 Å². The Labute approximate surface area is 145 Å². The van der Waals surface area contributed by atoms with Crippen LogP contribution in [0.3, 0.4) is 0 Å². The van der Waals surface area contributed by atoms with Crippen LogP contribution in [0.4, 0.5) is 19.0 Å². The lowest BCUT2D eigenvalue weighted by Gasteiger charge is -2.23. The first kappa shape index (κ1) is 17.1. The maximum atomic E-state index is 12.9. The molecule has 1 aromatic rings. The molecule has 4 atom stereocenters. The molecule has 25 heavy (non-hydrogen) atoms. The predicted molar refractivity (Wildman–Crippen MR) is 88.4 cm³/mol. The van der Waals surface area contributed by atoms with Crippen LogP contribution >= 0.6 is 0 Å². The SMILES string of the molecule is FC(F)(F)c1cccc(N2C[C@H]3CC[C@H](OC[C@@H]4CCCN4)[C@H]3C2)n1. The van der Waals surface area contributed by atoms with E-state index in [2.05, 4.69) is 10.3 Å². The molecular weight excluding hydrogens is 331 g/mol. The number of fused-ring (bicyclic) bond motifs is 1. The number of nitrogens with zero attached hydrogens (tertiary/aromatic N) is 2. The van der Waals surface area contributed by atoms with Crippen LogP contribution in [0.15, 0.2) is 18.2 Å². The van der Waals surface area contributed by atoms with Crippen LogP contribution in [0.2, 0.25) is 0 Å². The van der Waals surface area contributed by atoms with Crippen LogP contribution in [-0.4, -0.2) is 43.4 Å². The van der Waals surface area contributed by atoms with Crippen molar-refractivity contribution in [2.24, 2.45) is 11.8 Å². The molecule has 7 heteroatoms. The summed E-state index contributed by atoms with van der Waals surface area (Å²) in [6, 6.07) is 4.61. The molecule has 1 saturated carbocycles. The van der Waals surface area contributed by atoms with Gasteiger partial charge in [0.05, 0.1) is 12.7 Å². The second kappa shape index (κ2) is 6.76. The van der Waals surface area contributed by atoms with Crippen LogP contribution in [0.1, 0.15) is 31.4 Å². The van der Waals surface area contributed by atoms with Gasteiger partial charge in [0.2, 0.25) is 0 Å².